The molecule has 0 bridgehead atoms. The van der Waals surface area contributed by atoms with E-state index in [4.69, 9.17) is 16.3 Å². The first-order valence-electron chi connectivity index (χ1n) is 8.39. The zero-order chi connectivity index (χ0) is 19.8. The standard InChI is InChI=1S/C20H23ClN2O3S/c1-14-4-6-15(7-5-14)12-27-13-20(25)23(2)11-19(24)22-17-10-16(21)8-9-18(17)26-3/h4-10H,11-13H2,1-3H3,(H,22,24). The van der Waals surface area contributed by atoms with Gasteiger partial charge in [-0.05, 0) is 30.7 Å². The summed E-state index contributed by atoms with van der Waals surface area (Å²) in [6, 6.07) is 13.2. The smallest absolute Gasteiger partial charge is 0.244 e. The van der Waals surface area contributed by atoms with Crippen molar-refractivity contribution in [2.45, 2.75) is 12.7 Å². The Morgan fingerprint density at radius 1 is 1.19 bits per heavy atom. The second kappa shape index (κ2) is 10.2. The first-order valence-corrected chi connectivity index (χ1v) is 9.93. The molecule has 2 rings (SSSR count). The zero-order valence-electron chi connectivity index (χ0n) is 15.6. The molecule has 2 aromatic rings. The fraction of sp³-hybridized carbons (Fsp3) is 0.300. The van der Waals surface area contributed by atoms with Crippen molar-refractivity contribution in [3.8, 4) is 5.75 Å². The van der Waals surface area contributed by atoms with Crippen LogP contribution >= 0.6 is 23.4 Å². The van der Waals surface area contributed by atoms with Crippen molar-refractivity contribution in [1.29, 1.82) is 0 Å². The molecule has 0 atom stereocenters. The third kappa shape index (κ3) is 6.81. The number of halogens is 1. The minimum atomic E-state index is -0.310. The number of benzene rings is 2. The van der Waals surface area contributed by atoms with E-state index in [9.17, 15) is 9.59 Å². The maximum absolute atomic E-state index is 12.2. The molecule has 0 aliphatic carbocycles. The molecule has 1 N–H and O–H groups in total. The molecule has 0 aliphatic heterocycles. The summed E-state index contributed by atoms with van der Waals surface area (Å²) >= 11 is 7.48. The van der Waals surface area contributed by atoms with Crippen LogP contribution in [0.15, 0.2) is 42.5 Å². The van der Waals surface area contributed by atoms with Gasteiger partial charge in [0, 0.05) is 17.8 Å². The molecule has 144 valence electrons. The summed E-state index contributed by atoms with van der Waals surface area (Å²) in [6.07, 6.45) is 0. The van der Waals surface area contributed by atoms with Gasteiger partial charge in [0.05, 0.1) is 25.1 Å². The molecular weight excluding hydrogens is 384 g/mol. The van der Waals surface area contributed by atoms with Crippen LogP contribution in [-0.2, 0) is 15.3 Å². The molecule has 0 aliphatic rings. The summed E-state index contributed by atoms with van der Waals surface area (Å²) in [5, 5.41) is 3.22. The monoisotopic (exact) mass is 406 g/mol. The average molecular weight is 407 g/mol. The number of hydrogen-bond donors (Lipinski definition) is 1. The molecule has 7 heteroatoms. The second-order valence-corrected chi connectivity index (χ2v) is 7.54. The molecule has 27 heavy (non-hydrogen) atoms. The Kier molecular flexibility index (Phi) is 8.00. The van der Waals surface area contributed by atoms with Gasteiger partial charge < -0.3 is 15.0 Å². The van der Waals surface area contributed by atoms with Crippen molar-refractivity contribution in [3.63, 3.8) is 0 Å². The topological polar surface area (TPSA) is 58.6 Å². The van der Waals surface area contributed by atoms with Crippen LogP contribution in [0, 0.1) is 6.92 Å². The molecule has 0 fully saturated rings. The van der Waals surface area contributed by atoms with Gasteiger partial charge in [0.1, 0.15) is 5.75 Å². The highest BCUT2D eigenvalue weighted by molar-refractivity contribution is 7.99. The molecule has 0 aromatic heterocycles. The van der Waals surface area contributed by atoms with Crippen LogP contribution < -0.4 is 10.1 Å². The predicted octanol–water partition coefficient (Wildman–Crippen LogP) is 3.99. The van der Waals surface area contributed by atoms with Crippen molar-refractivity contribution in [2.75, 3.05) is 31.8 Å². The van der Waals surface area contributed by atoms with E-state index in [0.29, 0.717) is 22.2 Å². The average Bonchev–Trinajstić information content (AvgIpc) is 2.63. The Balaban J connectivity index is 1.80. The number of likely N-dealkylation sites (N-methyl/N-ethyl adjacent to an activating group) is 1. The van der Waals surface area contributed by atoms with Gasteiger partial charge in [0.25, 0.3) is 0 Å². The maximum Gasteiger partial charge on any atom is 0.244 e. The SMILES string of the molecule is COc1ccc(Cl)cc1NC(=O)CN(C)C(=O)CSCc1ccc(C)cc1. The van der Waals surface area contributed by atoms with Crippen LogP contribution in [0.2, 0.25) is 5.02 Å². The summed E-state index contributed by atoms with van der Waals surface area (Å²) < 4.78 is 5.20. The Morgan fingerprint density at radius 2 is 1.89 bits per heavy atom. The summed E-state index contributed by atoms with van der Waals surface area (Å²) in [5.74, 6) is 1.18. The Morgan fingerprint density at radius 3 is 2.56 bits per heavy atom. The number of rotatable bonds is 8. The van der Waals surface area contributed by atoms with Crippen molar-refractivity contribution in [3.05, 3.63) is 58.6 Å². The Bertz CT molecular complexity index is 796. The molecule has 0 radical (unpaired) electrons. The number of hydrogen-bond acceptors (Lipinski definition) is 4. The van der Waals surface area contributed by atoms with E-state index in [1.54, 1.807) is 25.2 Å². The molecule has 0 saturated carbocycles. The van der Waals surface area contributed by atoms with E-state index in [-0.39, 0.29) is 18.4 Å². The lowest BCUT2D eigenvalue weighted by Crippen LogP contribution is -2.36. The lowest BCUT2D eigenvalue weighted by molar-refractivity contribution is -0.131. The lowest BCUT2D eigenvalue weighted by Gasteiger charge is -2.17. The number of amides is 2. The van der Waals surface area contributed by atoms with Gasteiger partial charge in [-0.3, -0.25) is 9.59 Å². The third-order valence-electron chi connectivity index (χ3n) is 3.86. The molecule has 0 saturated heterocycles. The minimum Gasteiger partial charge on any atom is -0.495 e. The third-order valence-corrected chi connectivity index (χ3v) is 5.08. The van der Waals surface area contributed by atoms with Crippen LogP contribution in [0.25, 0.3) is 0 Å². The maximum atomic E-state index is 12.2. The fourth-order valence-electron chi connectivity index (χ4n) is 2.32. The van der Waals surface area contributed by atoms with E-state index >= 15 is 0 Å². The number of carbonyl (C=O) groups excluding carboxylic acids is 2. The summed E-state index contributed by atoms with van der Waals surface area (Å²) in [7, 11) is 3.13. The number of carbonyl (C=O) groups is 2. The van der Waals surface area contributed by atoms with E-state index < -0.39 is 0 Å². The highest BCUT2D eigenvalue weighted by atomic mass is 35.5. The number of thioether (sulfide) groups is 1. The van der Waals surface area contributed by atoms with E-state index in [2.05, 4.69) is 29.6 Å². The zero-order valence-corrected chi connectivity index (χ0v) is 17.2. The van der Waals surface area contributed by atoms with Gasteiger partial charge in [-0.25, -0.2) is 0 Å². The van der Waals surface area contributed by atoms with Crippen LogP contribution in [0.3, 0.4) is 0 Å². The number of aryl methyl sites for hydroxylation is 1. The molecule has 5 nitrogen and oxygen atoms in total. The van der Waals surface area contributed by atoms with Gasteiger partial charge in [-0.1, -0.05) is 41.4 Å². The molecule has 2 aromatic carbocycles. The highest BCUT2D eigenvalue weighted by Gasteiger charge is 2.15. The predicted molar refractivity (Wildman–Crippen MR) is 112 cm³/mol. The first-order chi connectivity index (χ1) is 12.9. The normalized spacial score (nSPS) is 10.4. The lowest BCUT2D eigenvalue weighted by atomic mass is 10.2. The summed E-state index contributed by atoms with van der Waals surface area (Å²) in [5.41, 5.74) is 2.86. The van der Waals surface area contributed by atoms with Gasteiger partial charge in [-0.2, -0.15) is 0 Å². The quantitative estimate of drug-likeness (QED) is 0.720. The van der Waals surface area contributed by atoms with Crippen molar-refractivity contribution in [2.24, 2.45) is 0 Å². The number of nitrogens with zero attached hydrogens (tertiary/aromatic N) is 1. The first kappa shape index (κ1) is 21.1. The molecule has 0 spiro atoms. The van der Waals surface area contributed by atoms with Crippen LogP contribution in [0.5, 0.6) is 5.75 Å². The summed E-state index contributed by atoms with van der Waals surface area (Å²) in [4.78, 5) is 25.9. The summed E-state index contributed by atoms with van der Waals surface area (Å²) in [6.45, 7) is 2.00. The number of ether oxygens (including phenoxy) is 1. The van der Waals surface area contributed by atoms with Crippen molar-refractivity contribution < 1.29 is 14.3 Å². The highest BCUT2D eigenvalue weighted by Crippen LogP contribution is 2.27. The van der Waals surface area contributed by atoms with Crippen molar-refractivity contribution in [1.82, 2.24) is 4.90 Å². The number of anilines is 1. The van der Waals surface area contributed by atoms with Crippen LogP contribution in [0.1, 0.15) is 11.1 Å². The molecule has 2 amide bonds. The second-order valence-electron chi connectivity index (χ2n) is 6.12. The number of methoxy groups -OCH3 is 1. The van der Waals surface area contributed by atoms with E-state index in [0.717, 1.165) is 5.75 Å². The Labute approximate surface area is 169 Å². The fourth-order valence-corrected chi connectivity index (χ4v) is 3.42. The molecule has 0 unspecified atom stereocenters. The molecule has 0 heterocycles. The molecular formula is C20H23ClN2O3S. The van der Waals surface area contributed by atoms with E-state index in [1.807, 2.05) is 6.92 Å². The van der Waals surface area contributed by atoms with Crippen molar-refractivity contribution >= 4 is 40.9 Å². The van der Waals surface area contributed by atoms with Gasteiger partial charge in [0.2, 0.25) is 11.8 Å². The van der Waals surface area contributed by atoms with Gasteiger partial charge >= 0.3 is 0 Å². The number of nitrogens with one attached hydrogen (secondary N) is 1. The largest absolute Gasteiger partial charge is 0.495 e. The van der Waals surface area contributed by atoms with Crippen LogP contribution in [-0.4, -0.2) is 43.2 Å². The Hall–Kier alpha value is -2.18. The van der Waals surface area contributed by atoms with Gasteiger partial charge in [-0.15, -0.1) is 11.8 Å². The van der Waals surface area contributed by atoms with Crippen LogP contribution in [0.4, 0.5) is 5.69 Å². The van der Waals surface area contributed by atoms with Gasteiger partial charge in [0.15, 0.2) is 0 Å². The van der Waals surface area contributed by atoms with E-state index in [1.165, 1.54) is 34.9 Å². The minimum absolute atomic E-state index is 0.0421.